The normalized spacial score (nSPS) is 10.7. The van der Waals surface area contributed by atoms with Crippen molar-refractivity contribution < 1.29 is 19.0 Å². The van der Waals surface area contributed by atoms with Crippen LogP contribution in [0.15, 0.2) is 89.9 Å². The molecule has 2 heterocycles. The van der Waals surface area contributed by atoms with E-state index in [4.69, 9.17) is 14.2 Å². The molecule has 0 aliphatic carbocycles. The third kappa shape index (κ3) is 6.51. The highest BCUT2D eigenvalue weighted by Crippen LogP contribution is 2.39. The number of methoxy groups -OCH3 is 2. The number of ether oxygens (including phenoxy) is 3. The van der Waals surface area contributed by atoms with Gasteiger partial charge in [0, 0.05) is 29.7 Å². The average molecular weight is 605 g/mol. The number of nitrogens with one attached hydrogen (secondary N) is 1. The Hall–Kier alpha value is -4.11. The molecule has 9 heteroatoms. The van der Waals surface area contributed by atoms with E-state index in [0.717, 1.165) is 43.5 Å². The van der Waals surface area contributed by atoms with E-state index in [2.05, 4.69) is 17.4 Å². The number of nitrogens with zero attached hydrogens (tertiary/aromatic N) is 1. The number of rotatable bonds is 11. The summed E-state index contributed by atoms with van der Waals surface area (Å²) in [5.74, 6) is 0.848. The van der Waals surface area contributed by atoms with Gasteiger partial charge < -0.3 is 24.1 Å². The Morgan fingerprint density at radius 1 is 0.905 bits per heavy atom. The number of hydrogen-bond acceptors (Lipinski definition) is 7. The van der Waals surface area contributed by atoms with Gasteiger partial charge in [0.2, 0.25) is 5.43 Å². The molecule has 0 saturated heterocycles. The van der Waals surface area contributed by atoms with E-state index in [-0.39, 0.29) is 30.0 Å². The molecule has 5 aromatic rings. The first-order chi connectivity index (χ1) is 20.0. The van der Waals surface area contributed by atoms with E-state index in [1.807, 2.05) is 71.3 Å². The molecule has 7 nitrogen and oxygen atoms in total. The summed E-state index contributed by atoms with van der Waals surface area (Å²) in [5.41, 5.74) is 3.55. The van der Waals surface area contributed by atoms with Gasteiger partial charge in [0.15, 0.2) is 0 Å². The zero-order chi connectivity index (χ0) is 28.8. The highest BCUT2D eigenvalue weighted by atomic mass is 35.5. The summed E-state index contributed by atoms with van der Waals surface area (Å²) >= 11 is 1.53. The van der Waals surface area contributed by atoms with Gasteiger partial charge in [0.05, 0.1) is 32.8 Å². The summed E-state index contributed by atoms with van der Waals surface area (Å²) in [6.07, 6.45) is 1.62. The van der Waals surface area contributed by atoms with Gasteiger partial charge in [-0.3, -0.25) is 4.79 Å². The SMILES string of the molecule is CCOC(=O)c1cn(Cc2ccccc2OC)c2sc(-c3ccc(OC)cc3)c(CNCc3ccccc3)c2c1=O.Cl. The second kappa shape index (κ2) is 14.2. The lowest BCUT2D eigenvalue weighted by molar-refractivity contribution is 0.0524. The minimum atomic E-state index is -0.631. The lowest BCUT2D eigenvalue weighted by Crippen LogP contribution is -2.22. The van der Waals surface area contributed by atoms with E-state index in [0.29, 0.717) is 25.0 Å². The second-order valence-corrected chi connectivity index (χ2v) is 10.4. The van der Waals surface area contributed by atoms with E-state index in [9.17, 15) is 9.59 Å². The molecular formula is C33H33ClN2O5S. The number of benzene rings is 3. The number of carbonyl (C=O) groups is 1. The van der Waals surface area contributed by atoms with Gasteiger partial charge in [-0.2, -0.15) is 0 Å². The third-order valence-corrected chi connectivity index (χ3v) is 8.18. The number of halogens is 1. The van der Waals surface area contributed by atoms with Crippen molar-refractivity contribution in [3.8, 4) is 21.9 Å². The van der Waals surface area contributed by atoms with Crippen LogP contribution in [-0.4, -0.2) is 31.4 Å². The maximum absolute atomic E-state index is 14.0. The maximum Gasteiger partial charge on any atom is 0.343 e. The number of carbonyl (C=O) groups excluding carboxylic acids is 1. The Kier molecular flexibility index (Phi) is 10.4. The van der Waals surface area contributed by atoms with Crippen LogP contribution in [0.4, 0.5) is 0 Å². The first-order valence-corrected chi connectivity index (χ1v) is 14.2. The molecular weight excluding hydrogens is 572 g/mol. The Balaban J connectivity index is 0.00000405. The number of fused-ring (bicyclic) bond motifs is 1. The first-order valence-electron chi connectivity index (χ1n) is 13.4. The Labute approximate surface area is 255 Å². The van der Waals surface area contributed by atoms with E-state index in [1.54, 1.807) is 27.3 Å². The molecule has 0 fully saturated rings. The predicted molar refractivity (Wildman–Crippen MR) is 170 cm³/mol. The third-order valence-electron chi connectivity index (χ3n) is 6.86. The van der Waals surface area contributed by atoms with Crippen LogP contribution in [-0.2, 0) is 24.4 Å². The molecule has 0 spiro atoms. The second-order valence-electron chi connectivity index (χ2n) is 9.44. The lowest BCUT2D eigenvalue weighted by atomic mass is 10.0. The molecule has 0 saturated carbocycles. The van der Waals surface area contributed by atoms with E-state index >= 15 is 0 Å². The molecule has 0 aliphatic heterocycles. The molecule has 0 aliphatic rings. The summed E-state index contributed by atoms with van der Waals surface area (Å²) < 4.78 is 18.2. The summed E-state index contributed by atoms with van der Waals surface area (Å²) in [7, 11) is 3.27. The monoisotopic (exact) mass is 604 g/mol. The van der Waals surface area contributed by atoms with Crippen molar-refractivity contribution in [2.24, 2.45) is 0 Å². The summed E-state index contributed by atoms with van der Waals surface area (Å²) in [6, 6.07) is 25.6. The Morgan fingerprint density at radius 3 is 2.31 bits per heavy atom. The van der Waals surface area contributed by atoms with Crippen molar-refractivity contribution in [2.75, 3.05) is 20.8 Å². The van der Waals surface area contributed by atoms with Crippen molar-refractivity contribution in [1.82, 2.24) is 9.88 Å². The van der Waals surface area contributed by atoms with Crippen LogP contribution in [0.5, 0.6) is 11.5 Å². The molecule has 0 atom stereocenters. The van der Waals surface area contributed by atoms with Gasteiger partial charge in [0.25, 0.3) is 0 Å². The quantitative estimate of drug-likeness (QED) is 0.169. The fraction of sp³-hybridized carbons (Fsp3) is 0.212. The van der Waals surface area contributed by atoms with Gasteiger partial charge in [-0.25, -0.2) is 4.79 Å². The number of aromatic nitrogens is 1. The van der Waals surface area contributed by atoms with Crippen molar-refractivity contribution >= 4 is 39.9 Å². The molecule has 0 unspecified atom stereocenters. The minimum absolute atomic E-state index is 0. The molecule has 218 valence electrons. The predicted octanol–water partition coefficient (Wildman–Crippen LogP) is 6.68. The smallest absolute Gasteiger partial charge is 0.343 e. The summed E-state index contributed by atoms with van der Waals surface area (Å²) in [4.78, 5) is 28.7. The fourth-order valence-corrected chi connectivity index (χ4v) is 6.15. The number of esters is 1. The number of hydrogen-bond donors (Lipinski definition) is 1. The van der Waals surface area contributed by atoms with Crippen LogP contribution >= 0.6 is 23.7 Å². The first kappa shape index (κ1) is 30.8. The van der Waals surface area contributed by atoms with Crippen molar-refractivity contribution in [2.45, 2.75) is 26.6 Å². The number of para-hydroxylation sites is 1. The number of pyridine rings is 1. The van der Waals surface area contributed by atoms with Gasteiger partial charge >= 0.3 is 5.97 Å². The van der Waals surface area contributed by atoms with Crippen LogP contribution in [0, 0.1) is 0 Å². The van der Waals surface area contributed by atoms with Gasteiger partial charge in [0.1, 0.15) is 21.9 Å². The standard InChI is InChI=1S/C33H32N2O5S.ClH/c1-4-40-33(37)27-21-35(20-24-12-8-9-13-28(24)39-3)32-29(30(27)36)26(19-34-18-22-10-6-5-7-11-22)31(41-32)23-14-16-25(38-2)17-15-23;/h5-17,21,34H,4,18-20H2,1-3H3;1H. The van der Waals surface area contributed by atoms with Crippen LogP contribution in [0.2, 0.25) is 0 Å². The largest absolute Gasteiger partial charge is 0.497 e. The zero-order valence-corrected chi connectivity index (χ0v) is 25.3. The highest BCUT2D eigenvalue weighted by molar-refractivity contribution is 7.22. The maximum atomic E-state index is 14.0. The van der Waals surface area contributed by atoms with Crippen LogP contribution in [0.1, 0.15) is 34.0 Å². The molecule has 0 radical (unpaired) electrons. The lowest BCUT2D eigenvalue weighted by Gasteiger charge is -2.14. The Bertz CT molecular complexity index is 1720. The Morgan fingerprint density at radius 2 is 1.62 bits per heavy atom. The number of thiophene rings is 1. The van der Waals surface area contributed by atoms with Gasteiger partial charge in [-0.1, -0.05) is 48.5 Å². The molecule has 0 bridgehead atoms. The zero-order valence-electron chi connectivity index (χ0n) is 23.7. The molecule has 5 rings (SSSR count). The van der Waals surface area contributed by atoms with Crippen LogP contribution in [0.25, 0.3) is 20.7 Å². The van der Waals surface area contributed by atoms with E-state index in [1.165, 1.54) is 11.3 Å². The van der Waals surface area contributed by atoms with Crippen molar-refractivity contribution in [3.05, 3.63) is 118 Å². The molecule has 1 N–H and O–H groups in total. The topological polar surface area (TPSA) is 78.8 Å². The summed E-state index contributed by atoms with van der Waals surface area (Å²) in [6.45, 7) is 3.39. The van der Waals surface area contributed by atoms with Crippen molar-refractivity contribution in [3.63, 3.8) is 0 Å². The van der Waals surface area contributed by atoms with Crippen LogP contribution < -0.4 is 20.2 Å². The van der Waals surface area contributed by atoms with Crippen molar-refractivity contribution in [1.29, 1.82) is 0 Å². The van der Waals surface area contributed by atoms with Gasteiger partial charge in [-0.05, 0) is 53.9 Å². The molecule has 0 amide bonds. The highest BCUT2D eigenvalue weighted by Gasteiger charge is 2.24. The minimum Gasteiger partial charge on any atom is -0.497 e. The molecule has 3 aromatic carbocycles. The summed E-state index contributed by atoms with van der Waals surface area (Å²) in [5, 5.41) is 4.03. The molecule has 2 aromatic heterocycles. The average Bonchev–Trinajstić information content (AvgIpc) is 3.39. The van der Waals surface area contributed by atoms with E-state index < -0.39 is 5.97 Å². The molecule has 42 heavy (non-hydrogen) atoms. The van der Waals surface area contributed by atoms with Crippen LogP contribution in [0.3, 0.4) is 0 Å². The fourth-order valence-electron chi connectivity index (χ4n) is 4.86. The van der Waals surface area contributed by atoms with Gasteiger partial charge in [-0.15, -0.1) is 23.7 Å².